The van der Waals surface area contributed by atoms with Gasteiger partial charge >= 0.3 is 6.09 Å². The van der Waals surface area contributed by atoms with Crippen molar-refractivity contribution in [3.05, 3.63) is 0 Å². The first kappa shape index (κ1) is 17.3. The van der Waals surface area contributed by atoms with E-state index in [4.69, 9.17) is 4.74 Å². The zero-order chi connectivity index (χ0) is 15.2. The summed E-state index contributed by atoms with van der Waals surface area (Å²) in [5.41, 5.74) is -0.421. The van der Waals surface area contributed by atoms with Crippen LogP contribution in [0.5, 0.6) is 0 Å². The average molecular weight is 284 g/mol. The molecule has 0 aromatic carbocycles. The average Bonchev–Trinajstić information content (AvgIpc) is 2.30. The fourth-order valence-corrected chi connectivity index (χ4v) is 2.70. The van der Waals surface area contributed by atoms with Crippen molar-refractivity contribution in [2.75, 3.05) is 13.1 Å². The van der Waals surface area contributed by atoms with Gasteiger partial charge in [0, 0.05) is 12.6 Å². The zero-order valence-electron chi connectivity index (χ0n) is 13.8. The minimum atomic E-state index is -0.421. The lowest BCUT2D eigenvalue weighted by Gasteiger charge is -2.33. The number of hydrogen-bond acceptors (Lipinski definition) is 3. The van der Waals surface area contributed by atoms with Gasteiger partial charge in [-0.05, 0) is 58.4 Å². The molecule has 4 nitrogen and oxygen atoms in total. The van der Waals surface area contributed by atoms with Crippen LogP contribution in [-0.2, 0) is 4.74 Å². The van der Waals surface area contributed by atoms with Crippen LogP contribution < -0.4 is 10.6 Å². The summed E-state index contributed by atoms with van der Waals surface area (Å²) in [7, 11) is 0. The predicted octanol–water partition coefficient (Wildman–Crippen LogP) is 3.32. The lowest BCUT2D eigenvalue weighted by atomic mass is 9.80. The Morgan fingerprint density at radius 1 is 1.20 bits per heavy atom. The molecule has 1 aliphatic rings. The lowest BCUT2D eigenvalue weighted by molar-refractivity contribution is 0.0527. The molecule has 0 spiro atoms. The largest absolute Gasteiger partial charge is 0.444 e. The van der Waals surface area contributed by atoms with Crippen LogP contribution in [0.25, 0.3) is 0 Å². The number of rotatable bonds is 5. The molecule has 20 heavy (non-hydrogen) atoms. The summed E-state index contributed by atoms with van der Waals surface area (Å²) in [6.07, 6.45) is 4.59. The van der Waals surface area contributed by atoms with E-state index >= 15 is 0 Å². The fourth-order valence-electron chi connectivity index (χ4n) is 2.70. The molecule has 1 rings (SSSR count). The molecular weight excluding hydrogens is 252 g/mol. The summed E-state index contributed by atoms with van der Waals surface area (Å²) in [5.74, 6) is 1.61. The monoisotopic (exact) mass is 284 g/mol. The number of nitrogens with one attached hydrogen (secondary N) is 2. The number of carbonyl (C=O) groups is 1. The Kier molecular flexibility index (Phi) is 6.80. The van der Waals surface area contributed by atoms with Crippen LogP contribution in [-0.4, -0.2) is 30.8 Å². The van der Waals surface area contributed by atoms with Gasteiger partial charge in [-0.3, -0.25) is 0 Å². The molecule has 0 radical (unpaired) electrons. The third kappa shape index (κ3) is 7.13. The molecule has 1 amide bonds. The maximum atomic E-state index is 11.5. The van der Waals surface area contributed by atoms with E-state index in [9.17, 15) is 4.79 Å². The van der Waals surface area contributed by atoms with E-state index in [1.54, 1.807) is 0 Å². The van der Waals surface area contributed by atoms with Crippen molar-refractivity contribution < 1.29 is 9.53 Å². The van der Waals surface area contributed by atoms with Crippen LogP contribution in [0.3, 0.4) is 0 Å². The number of alkyl carbamates (subject to hydrolysis) is 1. The van der Waals surface area contributed by atoms with Crippen LogP contribution in [0.1, 0.15) is 60.3 Å². The molecule has 0 aliphatic heterocycles. The molecule has 0 bridgehead atoms. The van der Waals surface area contributed by atoms with Gasteiger partial charge in [0.1, 0.15) is 5.60 Å². The van der Waals surface area contributed by atoms with Crippen LogP contribution in [0.15, 0.2) is 0 Å². The second-order valence-electron chi connectivity index (χ2n) is 7.24. The summed E-state index contributed by atoms with van der Waals surface area (Å²) < 4.78 is 5.19. The lowest BCUT2D eigenvalue weighted by Crippen LogP contribution is -2.41. The van der Waals surface area contributed by atoms with Crippen molar-refractivity contribution in [3.8, 4) is 0 Å². The molecule has 2 N–H and O–H groups in total. The van der Waals surface area contributed by atoms with Crippen molar-refractivity contribution in [1.29, 1.82) is 0 Å². The van der Waals surface area contributed by atoms with Crippen LogP contribution in [0, 0.1) is 11.8 Å². The summed E-state index contributed by atoms with van der Waals surface area (Å²) in [5, 5.41) is 6.43. The quantitative estimate of drug-likeness (QED) is 0.761. The minimum Gasteiger partial charge on any atom is -0.444 e. The maximum Gasteiger partial charge on any atom is 0.407 e. The molecule has 4 heteroatoms. The van der Waals surface area contributed by atoms with E-state index in [0.29, 0.717) is 12.6 Å². The maximum absolute atomic E-state index is 11.5. The summed E-state index contributed by atoms with van der Waals surface area (Å²) >= 11 is 0. The molecule has 0 saturated heterocycles. The molecule has 3 atom stereocenters. The Labute approximate surface area is 124 Å². The second kappa shape index (κ2) is 7.87. The van der Waals surface area contributed by atoms with Gasteiger partial charge in [-0.15, -0.1) is 0 Å². The summed E-state index contributed by atoms with van der Waals surface area (Å²) in [6.45, 7) is 11.9. The Hall–Kier alpha value is -0.770. The van der Waals surface area contributed by atoms with E-state index in [0.717, 1.165) is 24.8 Å². The number of ether oxygens (including phenoxy) is 1. The smallest absolute Gasteiger partial charge is 0.407 e. The Balaban J connectivity index is 2.08. The van der Waals surface area contributed by atoms with Crippen LogP contribution in [0.4, 0.5) is 4.79 Å². The van der Waals surface area contributed by atoms with Gasteiger partial charge in [0.15, 0.2) is 0 Å². The molecule has 1 saturated carbocycles. The normalized spacial score (nSPS) is 27.1. The first-order valence-electron chi connectivity index (χ1n) is 7.98. The van der Waals surface area contributed by atoms with Gasteiger partial charge < -0.3 is 15.4 Å². The van der Waals surface area contributed by atoms with Crippen molar-refractivity contribution >= 4 is 6.09 Å². The number of hydrogen-bond donors (Lipinski definition) is 2. The van der Waals surface area contributed by atoms with Crippen LogP contribution in [0.2, 0.25) is 0 Å². The minimum absolute atomic E-state index is 0.322. The van der Waals surface area contributed by atoms with Crippen LogP contribution >= 0.6 is 0 Å². The topological polar surface area (TPSA) is 50.4 Å². The predicted molar refractivity (Wildman–Crippen MR) is 82.8 cm³/mol. The molecule has 118 valence electrons. The first-order chi connectivity index (χ1) is 9.28. The van der Waals surface area contributed by atoms with Crippen molar-refractivity contribution in [1.82, 2.24) is 10.6 Å². The fraction of sp³-hybridized carbons (Fsp3) is 0.938. The molecule has 3 unspecified atom stereocenters. The molecule has 1 aliphatic carbocycles. The van der Waals surface area contributed by atoms with Crippen molar-refractivity contribution in [2.24, 2.45) is 11.8 Å². The Bertz CT molecular complexity index is 299. The highest BCUT2D eigenvalue weighted by Gasteiger charge is 2.24. The highest BCUT2D eigenvalue weighted by molar-refractivity contribution is 5.67. The molecule has 1 fully saturated rings. The zero-order valence-corrected chi connectivity index (χ0v) is 13.8. The SMILES string of the molecule is CC1CCC(C)C(NCCCNC(=O)OC(C)(C)C)C1. The number of amides is 1. The highest BCUT2D eigenvalue weighted by Crippen LogP contribution is 2.28. The van der Waals surface area contributed by atoms with Gasteiger partial charge in [-0.1, -0.05) is 20.3 Å². The molecule has 0 aromatic rings. The molecule has 0 aromatic heterocycles. The molecular formula is C16H32N2O2. The highest BCUT2D eigenvalue weighted by atomic mass is 16.6. The van der Waals surface area contributed by atoms with E-state index in [1.165, 1.54) is 19.3 Å². The van der Waals surface area contributed by atoms with Gasteiger partial charge in [0.25, 0.3) is 0 Å². The Morgan fingerprint density at radius 2 is 1.90 bits per heavy atom. The third-order valence-electron chi connectivity index (χ3n) is 3.89. The molecule has 0 heterocycles. The van der Waals surface area contributed by atoms with Gasteiger partial charge in [-0.25, -0.2) is 4.79 Å². The van der Waals surface area contributed by atoms with E-state index in [-0.39, 0.29) is 6.09 Å². The Morgan fingerprint density at radius 3 is 2.55 bits per heavy atom. The summed E-state index contributed by atoms with van der Waals surface area (Å²) in [4.78, 5) is 11.5. The van der Waals surface area contributed by atoms with Gasteiger partial charge in [0.05, 0.1) is 0 Å². The summed E-state index contributed by atoms with van der Waals surface area (Å²) in [6, 6.07) is 0.639. The van der Waals surface area contributed by atoms with Crippen molar-refractivity contribution in [2.45, 2.75) is 71.9 Å². The van der Waals surface area contributed by atoms with E-state index < -0.39 is 5.60 Å². The first-order valence-corrected chi connectivity index (χ1v) is 7.98. The van der Waals surface area contributed by atoms with E-state index in [2.05, 4.69) is 24.5 Å². The number of carbonyl (C=O) groups excluding carboxylic acids is 1. The van der Waals surface area contributed by atoms with Gasteiger partial charge in [-0.2, -0.15) is 0 Å². The standard InChI is InChI=1S/C16H32N2O2/c1-12-7-8-13(2)14(11-12)17-9-6-10-18-15(19)20-16(3,4)5/h12-14,17H,6-11H2,1-5H3,(H,18,19). The van der Waals surface area contributed by atoms with E-state index in [1.807, 2.05) is 20.8 Å². The third-order valence-corrected chi connectivity index (χ3v) is 3.89. The second-order valence-corrected chi connectivity index (χ2v) is 7.24. The van der Waals surface area contributed by atoms with Gasteiger partial charge in [0.2, 0.25) is 0 Å². The van der Waals surface area contributed by atoms with Crippen molar-refractivity contribution in [3.63, 3.8) is 0 Å².